The Balaban J connectivity index is 0.000000505. The zero-order valence-electron chi connectivity index (χ0n) is 20.4. The third kappa shape index (κ3) is 7.58. The van der Waals surface area contributed by atoms with Crippen LogP contribution in [-0.2, 0) is 4.79 Å². The first kappa shape index (κ1) is 28.7. The summed E-state index contributed by atoms with van der Waals surface area (Å²) in [5.41, 5.74) is 1.97. The molecule has 2 N–H and O–H groups in total. The Morgan fingerprint density at radius 3 is 2.39 bits per heavy atom. The molecule has 0 bridgehead atoms. The summed E-state index contributed by atoms with van der Waals surface area (Å²) in [4.78, 5) is 20.6. The molecular weight excluding hydrogens is 530 g/mol. The number of nitrogens with one attached hydrogen (secondary N) is 1. The normalized spacial score (nSPS) is 14.0. The number of rotatable bonds is 5. The summed E-state index contributed by atoms with van der Waals surface area (Å²) >= 11 is 5.82. The summed E-state index contributed by atoms with van der Waals surface area (Å²) < 4.78 is 51.7. The molecule has 0 spiro atoms. The van der Waals surface area contributed by atoms with Crippen molar-refractivity contribution in [3.8, 4) is 11.8 Å². The Morgan fingerprint density at radius 2 is 1.84 bits per heavy atom. The summed E-state index contributed by atoms with van der Waals surface area (Å²) in [7, 11) is 0. The van der Waals surface area contributed by atoms with Crippen LogP contribution in [0.15, 0.2) is 36.4 Å². The second-order valence-corrected chi connectivity index (χ2v) is 9.13. The molecule has 2 heterocycles. The minimum Gasteiger partial charge on any atom is -0.487 e. The van der Waals surface area contributed by atoms with E-state index in [2.05, 4.69) is 30.1 Å². The van der Waals surface area contributed by atoms with Gasteiger partial charge < -0.3 is 20.1 Å². The first-order chi connectivity index (χ1) is 17.9. The van der Waals surface area contributed by atoms with Crippen molar-refractivity contribution in [1.29, 1.82) is 5.26 Å². The number of anilines is 2. The first-order valence-corrected chi connectivity index (χ1v) is 11.9. The van der Waals surface area contributed by atoms with Crippen molar-refractivity contribution < 1.29 is 32.2 Å². The van der Waals surface area contributed by atoms with Gasteiger partial charge in [0.1, 0.15) is 6.10 Å². The summed E-state index contributed by atoms with van der Waals surface area (Å²) in [5.74, 6) is -1.51. The van der Waals surface area contributed by atoms with E-state index < -0.39 is 18.0 Å². The van der Waals surface area contributed by atoms with Crippen molar-refractivity contribution in [3.05, 3.63) is 52.8 Å². The maximum atomic E-state index is 14.1. The molecule has 0 unspecified atom stereocenters. The number of nitrogens with zero attached hydrogens (tertiary/aromatic N) is 4. The number of carbonyl (C=O) groups is 1. The van der Waals surface area contributed by atoms with Gasteiger partial charge in [-0.2, -0.15) is 18.4 Å². The van der Waals surface area contributed by atoms with E-state index in [9.17, 15) is 22.8 Å². The topological polar surface area (TPSA) is 111 Å². The molecule has 1 aromatic heterocycles. The fourth-order valence-electron chi connectivity index (χ4n) is 3.64. The standard InChI is InChI=1S/C23H23ClFN5O.C2HF3O2/c1-14(2)27-22-23(29-20-11-15(13-26)3-5-19(20)28-22)30-9-7-17(8-10-30)31-21-6-4-16(24)12-18(21)25;3-2(4,5)1(6)7/h3-6,11-12,14,17H,7-10H2,1-2H3,(H,27,28);(H,6,7). The number of nitriles is 1. The van der Waals surface area contributed by atoms with Crippen molar-refractivity contribution in [2.75, 3.05) is 23.3 Å². The molecule has 4 rings (SSSR count). The predicted octanol–water partition coefficient (Wildman–Crippen LogP) is 5.80. The quantitative estimate of drug-likeness (QED) is 0.382. The molecule has 0 atom stereocenters. The van der Waals surface area contributed by atoms with Crippen molar-refractivity contribution in [2.45, 2.75) is 45.0 Å². The molecule has 0 radical (unpaired) electrons. The number of carboxylic acid groups (broad SMARTS) is 1. The zero-order valence-corrected chi connectivity index (χ0v) is 21.1. The molecule has 13 heteroatoms. The van der Waals surface area contributed by atoms with Gasteiger partial charge in [0.05, 0.1) is 22.7 Å². The first-order valence-electron chi connectivity index (χ1n) is 11.5. The second kappa shape index (κ2) is 12.1. The van der Waals surface area contributed by atoms with E-state index >= 15 is 0 Å². The van der Waals surface area contributed by atoms with E-state index in [0.29, 0.717) is 29.2 Å². The minimum atomic E-state index is -5.08. The largest absolute Gasteiger partial charge is 0.490 e. The number of piperidine rings is 1. The van der Waals surface area contributed by atoms with Crippen LogP contribution in [-0.4, -0.2) is 52.5 Å². The number of carboxylic acids is 1. The average molecular weight is 554 g/mol. The number of ether oxygens (including phenoxy) is 1. The number of benzene rings is 2. The lowest BCUT2D eigenvalue weighted by atomic mass is 10.1. The fourth-order valence-corrected chi connectivity index (χ4v) is 3.80. The van der Waals surface area contributed by atoms with E-state index in [4.69, 9.17) is 36.2 Å². The molecule has 1 aliphatic rings. The number of halogens is 5. The monoisotopic (exact) mass is 553 g/mol. The molecule has 202 valence electrons. The molecule has 0 saturated carbocycles. The molecule has 8 nitrogen and oxygen atoms in total. The molecule has 1 fully saturated rings. The summed E-state index contributed by atoms with van der Waals surface area (Å²) in [6, 6.07) is 12.1. The predicted molar refractivity (Wildman–Crippen MR) is 134 cm³/mol. The van der Waals surface area contributed by atoms with Gasteiger partial charge in [-0.1, -0.05) is 11.6 Å². The van der Waals surface area contributed by atoms with Crippen LogP contribution < -0.4 is 15.0 Å². The van der Waals surface area contributed by atoms with E-state index in [1.165, 1.54) is 6.07 Å². The van der Waals surface area contributed by atoms with Crippen molar-refractivity contribution in [2.24, 2.45) is 0 Å². The van der Waals surface area contributed by atoms with Gasteiger partial charge in [0.25, 0.3) is 0 Å². The molecular formula is C25H24ClF4N5O3. The lowest BCUT2D eigenvalue weighted by molar-refractivity contribution is -0.192. The number of alkyl halides is 3. The van der Waals surface area contributed by atoms with Gasteiger partial charge >= 0.3 is 12.1 Å². The smallest absolute Gasteiger partial charge is 0.487 e. The Bertz CT molecular complexity index is 1340. The average Bonchev–Trinajstić information content (AvgIpc) is 2.85. The lowest BCUT2D eigenvalue weighted by Gasteiger charge is -2.34. The highest BCUT2D eigenvalue weighted by Crippen LogP contribution is 2.30. The molecule has 2 aromatic carbocycles. The molecule has 0 aliphatic carbocycles. The van der Waals surface area contributed by atoms with Crippen molar-refractivity contribution >= 4 is 40.2 Å². The van der Waals surface area contributed by atoms with Crippen molar-refractivity contribution in [1.82, 2.24) is 9.97 Å². The van der Waals surface area contributed by atoms with Crippen molar-refractivity contribution in [3.63, 3.8) is 0 Å². The number of aromatic nitrogens is 2. The van der Waals surface area contributed by atoms with Crippen LogP contribution >= 0.6 is 11.6 Å². The second-order valence-electron chi connectivity index (χ2n) is 8.69. The highest BCUT2D eigenvalue weighted by molar-refractivity contribution is 6.30. The Morgan fingerprint density at radius 1 is 1.18 bits per heavy atom. The Labute approximate surface area is 220 Å². The highest BCUT2D eigenvalue weighted by Gasteiger charge is 2.38. The number of fused-ring (bicyclic) bond motifs is 1. The van der Waals surface area contributed by atoms with Crippen LogP contribution in [0.4, 0.5) is 29.2 Å². The lowest BCUT2D eigenvalue weighted by Crippen LogP contribution is -2.39. The number of hydrogen-bond acceptors (Lipinski definition) is 7. The Hall–Kier alpha value is -3.85. The highest BCUT2D eigenvalue weighted by atomic mass is 35.5. The minimum absolute atomic E-state index is 0.0907. The number of hydrogen-bond donors (Lipinski definition) is 2. The van der Waals surface area contributed by atoms with Gasteiger partial charge in [0.15, 0.2) is 23.2 Å². The van der Waals surface area contributed by atoms with Crippen LogP contribution in [0.2, 0.25) is 5.02 Å². The van der Waals surface area contributed by atoms with Crippen LogP contribution in [0.5, 0.6) is 5.75 Å². The van der Waals surface area contributed by atoms with Crippen LogP contribution in [0.1, 0.15) is 32.3 Å². The van der Waals surface area contributed by atoms with E-state index in [1.54, 1.807) is 24.3 Å². The SMILES string of the molecule is CC(C)Nc1nc2ccc(C#N)cc2nc1N1CCC(Oc2ccc(Cl)cc2F)CC1.O=C(O)C(F)(F)F. The van der Waals surface area contributed by atoms with Gasteiger partial charge in [0.2, 0.25) is 0 Å². The third-order valence-corrected chi connectivity index (χ3v) is 5.61. The van der Waals surface area contributed by atoms with Gasteiger partial charge in [-0.05, 0) is 50.2 Å². The summed E-state index contributed by atoms with van der Waals surface area (Å²) in [6.45, 7) is 5.50. The third-order valence-electron chi connectivity index (χ3n) is 5.37. The van der Waals surface area contributed by atoms with Gasteiger partial charge in [-0.25, -0.2) is 19.2 Å². The molecule has 1 saturated heterocycles. The molecule has 0 amide bonds. The van der Waals surface area contributed by atoms with E-state index in [0.717, 1.165) is 30.0 Å². The fraction of sp³-hybridized carbons (Fsp3) is 0.360. The Kier molecular flexibility index (Phi) is 9.17. The van der Waals surface area contributed by atoms with Gasteiger partial charge in [-0.3, -0.25) is 0 Å². The molecule has 1 aliphatic heterocycles. The summed E-state index contributed by atoms with van der Waals surface area (Å²) in [6.07, 6.45) is -3.73. The molecule has 3 aromatic rings. The summed E-state index contributed by atoms with van der Waals surface area (Å²) in [5, 5.41) is 20.1. The maximum absolute atomic E-state index is 14.1. The van der Waals surface area contributed by atoms with Crippen LogP contribution in [0, 0.1) is 17.1 Å². The van der Waals surface area contributed by atoms with E-state index in [-0.39, 0.29) is 17.9 Å². The number of aliphatic carboxylic acids is 1. The molecule has 38 heavy (non-hydrogen) atoms. The zero-order chi connectivity index (χ0) is 28.0. The van der Waals surface area contributed by atoms with Gasteiger partial charge in [0, 0.05) is 37.0 Å². The van der Waals surface area contributed by atoms with Crippen LogP contribution in [0.25, 0.3) is 11.0 Å². The van der Waals surface area contributed by atoms with Crippen LogP contribution in [0.3, 0.4) is 0 Å². The van der Waals surface area contributed by atoms with E-state index in [1.807, 2.05) is 6.07 Å². The van der Waals surface area contributed by atoms with Gasteiger partial charge in [-0.15, -0.1) is 0 Å². The maximum Gasteiger partial charge on any atom is 0.490 e.